The van der Waals surface area contributed by atoms with Crippen molar-refractivity contribution in [2.45, 2.75) is 5.92 Å². The number of carbonyl (C=O) groups excluding carboxylic acids is 2. The first-order valence-electron chi connectivity index (χ1n) is 10.6. The van der Waals surface area contributed by atoms with Gasteiger partial charge in [0.05, 0.1) is 43.9 Å². The van der Waals surface area contributed by atoms with Crippen LogP contribution >= 0.6 is 0 Å². The summed E-state index contributed by atoms with van der Waals surface area (Å²) in [5.74, 6) is -1.74. The topological polar surface area (TPSA) is 130 Å². The highest BCUT2D eigenvalue weighted by Crippen LogP contribution is 2.43. The van der Waals surface area contributed by atoms with E-state index in [2.05, 4.69) is 16.4 Å². The number of anilines is 1. The number of carbonyl (C=O) groups is 2. The molecule has 2 heterocycles. The predicted molar refractivity (Wildman–Crippen MR) is 125 cm³/mol. The maximum absolute atomic E-state index is 13.1. The molecule has 172 valence electrons. The Kier molecular flexibility index (Phi) is 6.32. The molecule has 0 spiro atoms. The summed E-state index contributed by atoms with van der Waals surface area (Å²) < 4.78 is 10.1. The number of amidine groups is 1. The van der Waals surface area contributed by atoms with Crippen molar-refractivity contribution in [1.29, 1.82) is 5.26 Å². The zero-order valence-corrected chi connectivity index (χ0v) is 18.7. The zero-order chi connectivity index (χ0) is 24.2. The maximum atomic E-state index is 13.1. The van der Waals surface area contributed by atoms with Crippen molar-refractivity contribution < 1.29 is 19.1 Å². The second kappa shape index (κ2) is 9.50. The SMILES string of the molecule is COC(=O)C1=C(C(=O)OC)N(c2cccc(C3=NCCN3)c2)C(N)=C(C#N)C1c1ccccc1. The Morgan fingerprint density at radius 1 is 1.12 bits per heavy atom. The van der Waals surface area contributed by atoms with Gasteiger partial charge in [0, 0.05) is 17.8 Å². The fourth-order valence-electron chi connectivity index (χ4n) is 4.17. The van der Waals surface area contributed by atoms with Crippen LogP contribution in [-0.2, 0) is 19.1 Å². The number of nitriles is 1. The van der Waals surface area contributed by atoms with Crippen molar-refractivity contribution in [2.75, 3.05) is 32.2 Å². The second-order valence-corrected chi connectivity index (χ2v) is 7.54. The van der Waals surface area contributed by atoms with Gasteiger partial charge in [0.1, 0.15) is 17.4 Å². The molecule has 0 amide bonds. The summed E-state index contributed by atoms with van der Waals surface area (Å²) in [6.45, 7) is 1.38. The fraction of sp³-hybridized carbons (Fsp3) is 0.200. The molecule has 0 radical (unpaired) electrons. The van der Waals surface area contributed by atoms with Gasteiger partial charge in [-0.3, -0.25) is 9.89 Å². The van der Waals surface area contributed by atoms with Crippen molar-refractivity contribution in [1.82, 2.24) is 5.32 Å². The minimum Gasteiger partial charge on any atom is -0.466 e. The lowest BCUT2D eigenvalue weighted by atomic mass is 9.81. The summed E-state index contributed by atoms with van der Waals surface area (Å²) in [5, 5.41) is 13.3. The molecule has 34 heavy (non-hydrogen) atoms. The van der Waals surface area contributed by atoms with Crippen LogP contribution in [-0.4, -0.2) is 45.1 Å². The van der Waals surface area contributed by atoms with Gasteiger partial charge in [-0.2, -0.15) is 5.26 Å². The van der Waals surface area contributed by atoms with Crippen molar-refractivity contribution in [3.8, 4) is 6.07 Å². The van der Waals surface area contributed by atoms with Gasteiger partial charge >= 0.3 is 11.9 Å². The van der Waals surface area contributed by atoms with E-state index in [4.69, 9.17) is 15.2 Å². The third kappa shape index (κ3) is 3.86. The summed E-state index contributed by atoms with van der Waals surface area (Å²) in [5.41, 5.74) is 8.34. The minimum absolute atomic E-state index is 0.0166. The van der Waals surface area contributed by atoms with Crippen LogP contribution in [0.15, 0.2) is 82.3 Å². The van der Waals surface area contributed by atoms with Gasteiger partial charge in [0.15, 0.2) is 0 Å². The molecule has 2 aliphatic heterocycles. The molecule has 2 aromatic carbocycles. The van der Waals surface area contributed by atoms with Crippen molar-refractivity contribution in [3.05, 3.63) is 88.4 Å². The molecule has 9 heteroatoms. The third-order valence-corrected chi connectivity index (χ3v) is 5.66. The van der Waals surface area contributed by atoms with E-state index in [1.165, 1.54) is 19.1 Å². The lowest BCUT2D eigenvalue weighted by Crippen LogP contribution is -2.40. The van der Waals surface area contributed by atoms with Gasteiger partial charge in [-0.1, -0.05) is 42.5 Å². The summed E-state index contributed by atoms with van der Waals surface area (Å²) in [6, 6.07) is 18.2. The van der Waals surface area contributed by atoms with Crippen molar-refractivity contribution >= 4 is 23.5 Å². The predicted octanol–water partition coefficient (Wildman–Crippen LogP) is 1.93. The Bertz CT molecular complexity index is 1270. The lowest BCUT2D eigenvalue weighted by Gasteiger charge is -2.36. The zero-order valence-electron chi connectivity index (χ0n) is 18.7. The third-order valence-electron chi connectivity index (χ3n) is 5.66. The number of hydrogen-bond acceptors (Lipinski definition) is 9. The number of allylic oxidation sites excluding steroid dienone is 1. The Morgan fingerprint density at radius 3 is 2.47 bits per heavy atom. The molecular weight excluding hydrogens is 434 g/mol. The largest absolute Gasteiger partial charge is 0.466 e. The van der Waals surface area contributed by atoms with Crippen LogP contribution in [0.1, 0.15) is 17.0 Å². The molecule has 1 atom stereocenters. The molecule has 0 bridgehead atoms. The molecule has 0 saturated carbocycles. The number of methoxy groups -OCH3 is 2. The number of ether oxygens (including phenoxy) is 2. The molecule has 1 unspecified atom stereocenters. The summed E-state index contributed by atoms with van der Waals surface area (Å²) >= 11 is 0. The Balaban J connectivity index is 2.00. The minimum atomic E-state index is -0.909. The number of nitrogens with one attached hydrogen (secondary N) is 1. The highest BCUT2D eigenvalue weighted by molar-refractivity contribution is 6.07. The van der Waals surface area contributed by atoms with Crippen LogP contribution in [0.5, 0.6) is 0 Å². The van der Waals surface area contributed by atoms with Crippen LogP contribution in [0, 0.1) is 11.3 Å². The Morgan fingerprint density at radius 2 is 1.85 bits per heavy atom. The monoisotopic (exact) mass is 457 g/mol. The van der Waals surface area contributed by atoms with E-state index < -0.39 is 17.9 Å². The first-order valence-corrected chi connectivity index (χ1v) is 10.6. The summed E-state index contributed by atoms with van der Waals surface area (Å²) in [4.78, 5) is 32.0. The Labute approximate surface area is 196 Å². The van der Waals surface area contributed by atoms with E-state index >= 15 is 0 Å². The molecule has 3 N–H and O–H groups in total. The van der Waals surface area contributed by atoms with Gasteiger partial charge in [-0.25, -0.2) is 9.59 Å². The molecule has 4 rings (SSSR count). The Hall–Kier alpha value is -4.58. The number of esters is 2. The van der Waals surface area contributed by atoms with Crippen LogP contribution < -0.4 is 16.0 Å². The van der Waals surface area contributed by atoms with Gasteiger partial charge in [0.2, 0.25) is 0 Å². The van der Waals surface area contributed by atoms with E-state index in [1.54, 1.807) is 42.5 Å². The van der Waals surface area contributed by atoms with Crippen LogP contribution in [0.25, 0.3) is 0 Å². The number of nitrogens with zero attached hydrogens (tertiary/aromatic N) is 3. The van der Waals surface area contributed by atoms with Gasteiger partial charge in [0.25, 0.3) is 0 Å². The number of aliphatic imine (C=N–C) groups is 1. The van der Waals surface area contributed by atoms with E-state index in [0.717, 1.165) is 12.1 Å². The number of benzene rings is 2. The number of hydrogen-bond donors (Lipinski definition) is 2. The lowest BCUT2D eigenvalue weighted by molar-refractivity contribution is -0.139. The van der Waals surface area contributed by atoms with E-state index in [1.807, 2.05) is 12.1 Å². The molecule has 0 saturated heterocycles. The van der Waals surface area contributed by atoms with Crippen LogP contribution in [0.2, 0.25) is 0 Å². The standard InChI is InChI=1S/C25H23N5O4/c1-33-24(31)20-19(15-7-4-3-5-8-15)18(14-26)22(27)30(21(20)25(32)34-2)17-10-6-9-16(13-17)23-28-11-12-29-23/h3-10,13,19H,11-12,27H2,1-2H3,(H,28,29). The van der Waals surface area contributed by atoms with Gasteiger partial charge in [-0.05, 0) is 17.7 Å². The molecular formula is C25H23N5O4. The average Bonchev–Trinajstić information content (AvgIpc) is 3.42. The smallest absolute Gasteiger partial charge is 0.355 e. The average molecular weight is 457 g/mol. The molecule has 0 aliphatic carbocycles. The van der Waals surface area contributed by atoms with Crippen LogP contribution in [0.3, 0.4) is 0 Å². The van der Waals surface area contributed by atoms with Gasteiger partial charge < -0.3 is 20.5 Å². The first-order chi connectivity index (χ1) is 16.5. The van der Waals surface area contributed by atoms with Crippen LogP contribution in [0.4, 0.5) is 5.69 Å². The molecule has 0 fully saturated rings. The summed E-state index contributed by atoms with van der Waals surface area (Å²) in [7, 11) is 2.43. The highest BCUT2D eigenvalue weighted by atomic mass is 16.5. The van der Waals surface area contributed by atoms with Crippen molar-refractivity contribution in [3.63, 3.8) is 0 Å². The molecule has 0 aromatic heterocycles. The van der Waals surface area contributed by atoms with E-state index in [9.17, 15) is 14.9 Å². The maximum Gasteiger partial charge on any atom is 0.355 e. The fourth-order valence-corrected chi connectivity index (χ4v) is 4.17. The molecule has 2 aliphatic rings. The first kappa shape index (κ1) is 22.6. The quantitative estimate of drug-likeness (QED) is 0.652. The number of nitrogens with two attached hydrogens (primary N) is 1. The van der Waals surface area contributed by atoms with Gasteiger partial charge in [-0.15, -0.1) is 0 Å². The molecule has 9 nitrogen and oxygen atoms in total. The number of rotatable bonds is 5. The summed E-state index contributed by atoms with van der Waals surface area (Å²) in [6.07, 6.45) is 0. The second-order valence-electron chi connectivity index (χ2n) is 7.54. The van der Waals surface area contributed by atoms with E-state index in [-0.39, 0.29) is 22.7 Å². The normalized spacial score (nSPS) is 17.6. The van der Waals surface area contributed by atoms with Crippen molar-refractivity contribution in [2.24, 2.45) is 10.7 Å². The molecule has 2 aromatic rings. The highest BCUT2D eigenvalue weighted by Gasteiger charge is 2.43. The van der Waals surface area contributed by atoms with E-state index in [0.29, 0.717) is 23.6 Å².